The van der Waals surface area contributed by atoms with Gasteiger partial charge in [-0.25, -0.2) is 9.97 Å². The van der Waals surface area contributed by atoms with E-state index in [1.54, 1.807) is 0 Å². The van der Waals surface area contributed by atoms with E-state index < -0.39 is 11.8 Å². The summed E-state index contributed by atoms with van der Waals surface area (Å²) in [6, 6.07) is 0. The molecule has 7 nitrogen and oxygen atoms in total. The molecule has 1 aliphatic rings. The van der Waals surface area contributed by atoms with Crippen LogP contribution in [0.5, 0.6) is 0 Å². The van der Waals surface area contributed by atoms with Crippen LogP contribution in [0.3, 0.4) is 0 Å². The van der Waals surface area contributed by atoms with Gasteiger partial charge in [-0.15, -0.1) is 0 Å². The van der Waals surface area contributed by atoms with Crippen molar-refractivity contribution < 1.29 is 9.59 Å². The minimum atomic E-state index is -0.529. The van der Waals surface area contributed by atoms with Crippen molar-refractivity contribution in [3.63, 3.8) is 0 Å². The van der Waals surface area contributed by atoms with Crippen molar-refractivity contribution in [1.29, 1.82) is 0 Å². The molecule has 0 bridgehead atoms. The summed E-state index contributed by atoms with van der Waals surface area (Å²) < 4.78 is 0. The van der Waals surface area contributed by atoms with Crippen molar-refractivity contribution in [2.45, 2.75) is 6.42 Å². The van der Waals surface area contributed by atoms with Crippen LogP contribution >= 0.6 is 11.6 Å². The molecule has 0 aliphatic carbocycles. The summed E-state index contributed by atoms with van der Waals surface area (Å²) in [4.78, 5) is 31.6. The quantitative estimate of drug-likeness (QED) is 0.695. The van der Waals surface area contributed by atoms with Crippen LogP contribution in [0.2, 0.25) is 5.15 Å². The number of carbonyl (C=O) groups excluding carboxylic acids is 2. The van der Waals surface area contributed by atoms with E-state index in [1.165, 1.54) is 11.2 Å². The van der Waals surface area contributed by atoms with Crippen molar-refractivity contribution >= 4 is 34.9 Å². The van der Waals surface area contributed by atoms with Gasteiger partial charge in [0.15, 0.2) is 11.0 Å². The Hall–Kier alpha value is -1.89. The van der Waals surface area contributed by atoms with E-state index in [9.17, 15) is 9.59 Å². The number of anilines is 2. The first-order chi connectivity index (χ1) is 8.00. The fourth-order valence-electron chi connectivity index (χ4n) is 1.73. The van der Waals surface area contributed by atoms with E-state index in [1.807, 2.05) is 0 Å². The molecule has 8 heteroatoms. The average Bonchev–Trinajstić information content (AvgIpc) is 2.61. The molecule has 1 saturated heterocycles. The number of nitrogens with zero attached hydrogens (tertiary/aromatic N) is 3. The molecule has 2 rings (SSSR count). The summed E-state index contributed by atoms with van der Waals surface area (Å²) in [7, 11) is 0. The van der Waals surface area contributed by atoms with Crippen LogP contribution in [0, 0.1) is 5.92 Å². The van der Waals surface area contributed by atoms with E-state index in [0.29, 0.717) is 0 Å². The number of carbonyl (C=O) groups is 2. The standard InChI is InChI=1S/C9H10ClN5O2/c10-7-6(8(11)14-3-13-7)15-2-4(9(12)17)1-5(15)16/h3-4H,1-2H2,(H2,12,17)(H2,11,13,14). The zero-order chi connectivity index (χ0) is 12.6. The van der Waals surface area contributed by atoms with Crippen LogP contribution in [-0.4, -0.2) is 28.3 Å². The van der Waals surface area contributed by atoms with Gasteiger partial charge < -0.3 is 16.4 Å². The summed E-state index contributed by atoms with van der Waals surface area (Å²) in [5.74, 6) is -1.22. The molecule has 0 spiro atoms. The number of nitrogens with two attached hydrogens (primary N) is 2. The van der Waals surface area contributed by atoms with Gasteiger partial charge in [0.1, 0.15) is 12.0 Å². The van der Waals surface area contributed by atoms with Crippen LogP contribution < -0.4 is 16.4 Å². The lowest BCUT2D eigenvalue weighted by atomic mass is 10.1. The Kier molecular flexibility index (Phi) is 2.84. The van der Waals surface area contributed by atoms with E-state index in [-0.39, 0.29) is 35.5 Å². The minimum absolute atomic E-state index is 0.0556. The van der Waals surface area contributed by atoms with Crippen molar-refractivity contribution in [1.82, 2.24) is 9.97 Å². The molecule has 17 heavy (non-hydrogen) atoms. The SMILES string of the molecule is NC(=O)C1CC(=O)N(c2c(N)ncnc2Cl)C1. The van der Waals surface area contributed by atoms with E-state index in [0.717, 1.165) is 0 Å². The van der Waals surface area contributed by atoms with Crippen LogP contribution in [0.15, 0.2) is 6.33 Å². The second-order valence-electron chi connectivity index (χ2n) is 3.71. The third-order valence-corrected chi connectivity index (χ3v) is 2.88. The molecule has 1 unspecified atom stereocenters. The monoisotopic (exact) mass is 255 g/mol. The number of amides is 2. The molecule has 1 aromatic rings. The predicted octanol–water partition coefficient (Wildman–Crippen LogP) is -0.450. The topological polar surface area (TPSA) is 115 Å². The molecule has 1 atom stereocenters. The van der Waals surface area contributed by atoms with Crippen molar-refractivity contribution in [3.8, 4) is 0 Å². The van der Waals surface area contributed by atoms with Gasteiger partial charge >= 0.3 is 0 Å². The Morgan fingerprint density at radius 1 is 1.53 bits per heavy atom. The lowest BCUT2D eigenvalue weighted by Crippen LogP contribution is -2.29. The fraction of sp³-hybridized carbons (Fsp3) is 0.333. The highest BCUT2D eigenvalue weighted by Gasteiger charge is 2.36. The average molecular weight is 256 g/mol. The maximum Gasteiger partial charge on any atom is 0.228 e. The molecule has 1 aromatic heterocycles. The summed E-state index contributed by atoms with van der Waals surface area (Å²) >= 11 is 5.86. The van der Waals surface area contributed by atoms with Gasteiger partial charge in [-0.3, -0.25) is 9.59 Å². The third-order valence-electron chi connectivity index (χ3n) is 2.60. The fourth-order valence-corrected chi connectivity index (χ4v) is 1.98. The van der Waals surface area contributed by atoms with Crippen LogP contribution in [0.1, 0.15) is 6.42 Å². The van der Waals surface area contributed by atoms with Crippen molar-refractivity contribution in [2.75, 3.05) is 17.2 Å². The summed E-state index contributed by atoms with van der Waals surface area (Å²) in [6.07, 6.45) is 1.26. The number of primary amides is 1. The first kappa shape index (κ1) is 11.6. The normalized spacial score (nSPS) is 19.7. The number of hydrogen-bond acceptors (Lipinski definition) is 5. The molecule has 1 aliphatic heterocycles. The largest absolute Gasteiger partial charge is 0.382 e. The summed E-state index contributed by atoms with van der Waals surface area (Å²) in [5.41, 5.74) is 11.0. The molecule has 0 saturated carbocycles. The Labute approximate surface area is 102 Å². The molecule has 2 heterocycles. The lowest BCUT2D eigenvalue weighted by molar-refractivity contribution is -0.123. The number of rotatable bonds is 2. The molecular formula is C9H10ClN5O2. The van der Waals surface area contributed by atoms with Gasteiger partial charge in [-0.2, -0.15) is 0 Å². The van der Waals surface area contributed by atoms with Crippen LogP contribution in [0.4, 0.5) is 11.5 Å². The number of nitrogen functional groups attached to an aromatic ring is 1. The highest BCUT2D eigenvalue weighted by molar-refractivity contribution is 6.33. The van der Waals surface area contributed by atoms with Gasteiger partial charge in [0, 0.05) is 13.0 Å². The van der Waals surface area contributed by atoms with E-state index in [4.69, 9.17) is 23.1 Å². The van der Waals surface area contributed by atoms with Crippen LogP contribution in [-0.2, 0) is 9.59 Å². The Morgan fingerprint density at radius 3 is 2.76 bits per heavy atom. The number of hydrogen-bond donors (Lipinski definition) is 2. The van der Waals surface area contributed by atoms with Crippen molar-refractivity contribution in [2.24, 2.45) is 11.7 Å². The minimum Gasteiger partial charge on any atom is -0.382 e. The zero-order valence-electron chi connectivity index (χ0n) is 8.76. The zero-order valence-corrected chi connectivity index (χ0v) is 9.52. The first-order valence-electron chi connectivity index (χ1n) is 4.86. The van der Waals surface area contributed by atoms with Gasteiger partial charge in [-0.05, 0) is 0 Å². The maximum atomic E-state index is 11.7. The van der Waals surface area contributed by atoms with Gasteiger partial charge in [-0.1, -0.05) is 11.6 Å². The number of halogens is 1. The van der Waals surface area contributed by atoms with Crippen molar-refractivity contribution in [3.05, 3.63) is 11.5 Å². The van der Waals surface area contributed by atoms with E-state index >= 15 is 0 Å². The van der Waals surface area contributed by atoms with Gasteiger partial charge in [0.2, 0.25) is 11.8 Å². The molecule has 0 radical (unpaired) electrons. The second-order valence-corrected chi connectivity index (χ2v) is 4.06. The van der Waals surface area contributed by atoms with E-state index in [2.05, 4.69) is 9.97 Å². The molecule has 1 fully saturated rings. The number of aromatic nitrogens is 2. The highest BCUT2D eigenvalue weighted by atomic mass is 35.5. The molecule has 90 valence electrons. The Balaban J connectivity index is 2.35. The summed E-state index contributed by atoms with van der Waals surface area (Å²) in [6.45, 7) is 0.158. The molecule has 0 aromatic carbocycles. The molecular weight excluding hydrogens is 246 g/mol. The summed E-state index contributed by atoms with van der Waals surface area (Å²) in [5, 5.41) is 0.0796. The predicted molar refractivity (Wildman–Crippen MR) is 61.1 cm³/mol. The van der Waals surface area contributed by atoms with Gasteiger partial charge in [0.25, 0.3) is 0 Å². The lowest BCUT2D eigenvalue weighted by Gasteiger charge is -2.18. The highest BCUT2D eigenvalue weighted by Crippen LogP contribution is 2.33. The Morgan fingerprint density at radius 2 is 2.24 bits per heavy atom. The first-order valence-corrected chi connectivity index (χ1v) is 5.24. The third kappa shape index (κ3) is 2.01. The maximum absolute atomic E-state index is 11.7. The Bertz CT molecular complexity index is 472. The smallest absolute Gasteiger partial charge is 0.228 e. The molecule has 2 amide bonds. The second kappa shape index (κ2) is 4.17. The van der Waals surface area contributed by atoms with Crippen LogP contribution in [0.25, 0.3) is 0 Å². The van der Waals surface area contributed by atoms with Gasteiger partial charge in [0.05, 0.1) is 5.92 Å². The molecule has 4 N–H and O–H groups in total.